The maximum absolute atomic E-state index is 13.6. The molecule has 55 heavy (non-hydrogen) atoms. The van der Waals surface area contributed by atoms with E-state index in [-0.39, 0.29) is 50.3 Å². The van der Waals surface area contributed by atoms with Crippen LogP contribution in [-0.4, -0.2) is 129 Å². The van der Waals surface area contributed by atoms with Gasteiger partial charge in [-0.3, -0.25) is 14.6 Å². The Morgan fingerprint density at radius 1 is 1.11 bits per heavy atom. The average Bonchev–Trinajstić information content (AvgIpc) is 3.13. The molecule has 0 saturated carbocycles. The normalized spacial score (nSPS) is 31.1. The largest absolute Gasteiger partial charge is 0.480 e. The number of nitrogens with one attached hydrogen (secondary N) is 2. The smallest absolute Gasteiger partial charge is 0.326 e. The lowest BCUT2D eigenvalue weighted by atomic mass is 9.72. The fourth-order valence-corrected chi connectivity index (χ4v) is 6.99. The van der Waals surface area contributed by atoms with Crippen molar-refractivity contribution in [2.45, 2.75) is 121 Å². The molecule has 0 radical (unpaired) electrons. The van der Waals surface area contributed by atoms with Crippen LogP contribution in [0.3, 0.4) is 0 Å². The molecule has 3 rings (SSSR count). The summed E-state index contributed by atoms with van der Waals surface area (Å²) < 4.78 is 41.9. The molecule has 11 atom stereocenters. The molecule has 3 fully saturated rings. The summed E-state index contributed by atoms with van der Waals surface area (Å²) in [4.78, 5) is 41.1. The van der Waals surface area contributed by atoms with Gasteiger partial charge in [0.1, 0.15) is 25.0 Å². The Balaban J connectivity index is 1.61. The number of carbonyl (C=O) groups is 3. The summed E-state index contributed by atoms with van der Waals surface area (Å²) >= 11 is 0. The van der Waals surface area contributed by atoms with E-state index in [1.807, 2.05) is 45.9 Å². The van der Waals surface area contributed by atoms with Gasteiger partial charge in [-0.05, 0) is 26.2 Å². The second-order valence-corrected chi connectivity index (χ2v) is 14.6. The third-order valence-corrected chi connectivity index (χ3v) is 10.5. The second-order valence-electron chi connectivity index (χ2n) is 14.6. The number of rotatable bonds is 19. The first-order chi connectivity index (χ1) is 26.0. The van der Waals surface area contributed by atoms with Crippen LogP contribution in [0.25, 0.3) is 0 Å². The zero-order valence-corrected chi connectivity index (χ0v) is 33.0. The fraction of sp³-hybridized carbons (Fsp3) is 0.684. The Bertz CT molecular complexity index is 1430. The Hall–Kier alpha value is -3.68. The number of methoxy groups -OCH3 is 3. The number of aliphatic hydroxyl groups is 1. The summed E-state index contributed by atoms with van der Waals surface area (Å²) in [6.45, 7) is 12.1. The van der Waals surface area contributed by atoms with Crippen LogP contribution in [0.15, 0.2) is 53.6 Å². The minimum atomic E-state index is -1.70. The molecule has 3 aliphatic heterocycles. The highest BCUT2D eigenvalue weighted by atomic mass is 16.7. The first-order valence-corrected chi connectivity index (χ1v) is 18.4. The van der Waals surface area contributed by atoms with Gasteiger partial charge in [0.15, 0.2) is 18.3 Å². The van der Waals surface area contributed by atoms with Crippen molar-refractivity contribution in [3.8, 4) is 0 Å². The molecule has 17 heteroatoms. The Labute approximate surface area is 323 Å². The van der Waals surface area contributed by atoms with E-state index in [1.165, 1.54) is 19.3 Å². The molecule has 3 heterocycles. The molecule has 3 aliphatic rings. The average molecular weight is 780 g/mol. The number of aliphatic carboxylic acids is 1. The monoisotopic (exact) mass is 779 g/mol. The van der Waals surface area contributed by atoms with Gasteiger partial charge >= 0.3 is 5.97 Å². The molecule has 0 aliphatic carbocycles. The predicted molar refractivity (Wildman–Crippen MR) is 202 cm³/mol. The molecule has 0 aromatic carbocycles. The lowest BCUT2D eigenvalue weighted by molar-refractivity contribution is -0.332. The molecule has 2 amide bonds. The summed E-state index contributed by atoms with van der Waals surface area (Å²) in [5, 5.41) is 25.9. The van der Waals surface area contributed by atoms with Crippen molar-refractivity contribution in [1.29, 1.82) is 0 Å². The van der Waals surface area contributed by atoms with Crippen LogP contribution in [0.1, 0.15) is 59.8 Å². The van der Waals surface area contributed by atoms with Crippen molar-refractivity contribution in [3.63, 3.8) is 0 Å². The van der Waals surface area contributed by atoms with E-state index >= 15 is 0 Å². The summed E-state index contributed by atoms with van der Waals surface area (Å²) in [6.07, 6.45) is 6.04. The number of nitrogens with zero attached hydrogens (tertiary/aromatic N) is 1. The number of carbonyl (C=O) groups excluding carboxylic acids is 2. The van der Waals surface area contributed by atoms with Gasteiger partial charge in [0.05, 0.1) is 24.4 Å². The highest BCUT2D eigenvalue weighted by molar-refractivity contribution is 5.91. The van der Waals surface area contributed by atoms with Gasteiger partial charge in [0, 0.05) is 58.1 Å². The van der Waals surface area contributed by atoms with Crippen molar-refractivity contribution >= 4 is 23.7 Å². The molecule has 8 N–H and O–H groups in total. The van der Waals surface area contributed by atoms with Gasteiger partial charge in [0.25, 0.3) is 5.91 Å². The summed E-state index contributed by atoms with van der Waals surface area (Å²) in [6, 6.07) is -1.07. The van der Waals surface area contributed by atoms with Crippen LogP contribution >= 0.6 is 0 Å². The van der Waals surface area contributed by atoms with Crippen LogP contribution in [-0.2, 0) is 47.5 Å². The minimum absolute atomic E-state index is 0.0203. The molecular weight excluding hydrogens is 718 g/mol. The molecule has 0 aromatic heterocycles. The van der Waals surface area contributed by atoms with Gasteiger partial charge < -0.3 is 65.5 Å². The van der Waals surface area contributed by atoms with Crippen LogP contribution in [0.2, 0.25) is 0 Å². The van der Waals surface area contributed by atoms with Crippen LogP contribution in [0.4, 0.5) is 0 Å². The van der Waals surface area contributed by atoms with E-state index in [9.17, 15) is 24.6 Å². The lowest BCUT2D eigenvalue weighted by Gasteiger charge is -2.54. The quantitative estimate of drug-likeness (QED) is 0.0271. The number of allylic oxidation sites excluding steroid dienone is 4. The van der Waals surface area contributed by atoms with Crippen LogP contribution in [0.5, 0.6) is 0 Å². The van der Waals surface area contributed by atoms with E-state index in [4.69, 9.17) is 44.6 Å². The topological polar surface area (TPSA) is 245 Å². The summed E-state index contributed by atoms with van der Waals surface area (Å²) in [5.74, 6) is -4.13. The third-order valence-electron chi connectivity index (χ3n) is 10.5. The fourth-order valence-electron chi connectivity index (χ4n) is 6.99. The van der Waals surface area contributed by atoms with Crippen LogP contribution < -0.4 is 22.1 Å². The van der Waals surface area contributed by atoms with Crippen molar-refractivity contribution in [2.75, 3.05) is 34.7 Å². The molecule has 0 bridgehead atoms. The molecule has 310 valence electrons. The zero-order valence-electron chi connectivity index (χ0n) is 33.0. The van der Waals surface area contributed by atoms with Crippen LogP contribution in [0, 0.1) is 11.3 Å². The lowest BCUT2D eigenvalue weighted by Crippen LogP contribution is -2.69. The number of ether oxygens (including phenoxy) is 7. The Morgan fingerprint density at radius 3 is 2.45 bits per heavy atom. The number of aliphatic hydroxyl groups excluding tert-OH is 1. The van der Waals surface area contributed by atoms with E-state index in [0.29, 0.717) is 19.3 Å². The third kappa shape index (κ3) is 12.2. The summed E-state index contributed by atoms with van der Waals surface area (Å²) in [7, 11) is 4.57. The maximum Gasteiger partial charge on any atom is 0.326 e. The number of nitrogens with two attached hydrogens (primary N) is 2. The number of guanidine groups is 1. The Kier molecular flexibility index (Phi) is 17.5. The molecular formula is C38H61N5O12. The molecule has 3 saturated heterocycles. The zero-order chi connectivity index (χ0) is 40.9. The Morgan fingerprint density at radius 2 is 1.84 bits per heavy atom. The molecule has 17 nitrogen and oxygen atoms in total. The van der Waals surface area contributed by atoms with E-state index in [0.717, 1.165) is 5.57 Å². The number of hydrogen-bond acceptors (Lipinski definition) is 12. The highest BCUT2D eigenvalue weighted by Crippen LogP contribution is 2.44. The first kappa shape index (κ1) is 45.7. The minimum Gasteiger partial charge on any atom is -0.480 e. The van der Waals surface area contributed by atoms with Gasteiger partial charge in [-0.2, -0.15) is 0 Å². The number of amides is 2. The highest BCUT2D eigenvalue weighted by Gasteiger charge is 2.57. The number of hydrogen-bond donors (Lipinski definition) is 6. The number of carboxylic acid groups (broad SMARTS) is 1. The SMILES string of the molecule is C=C1C[C@](OC)([C@H](O)C(=O)N[C@H]2OCO[C@H]3[C@@H]2O[C@H](C[C@@H](/C=C/C/C=C/C=C/C(=O)N[C@@H](CCCN=C(N)N)C(=O)O)OC)C(C)(C)[C@@H]3OC)O[C@H](C)[C@@H]1C. The van der Waals surface area contributed by atoms with E-state index in [1.54, 1.807) is 20.3 Å². The second kappa shape index (κ2) is 21.0. The molecule has 0 unspecified atom stereocenters. The van der Waals surface area contributed by atoms with E-state index in [2.05, 4.69) is 22.2 Å². The van der Waals surface area contributed by atoms with Gasteiger partial charge in [-0.15, -0.1) is 0 Å². The van der Waals surface area contributed by atoms with E-state index < -0.39 is 71.8 Å². The number of carboxylic acids is 1. The molecule has 0 spiro atoms. The maximum atomic E-state index is 13.6. The standard InChI is InChI=1S/C38H61N5O12/c1-22-20-38(51-8,55-24(3)23(22)2)31(45)33(46)43-34-30-29(52-21-53-34)32(50-7)37(4,5)27(54-30)19-25(49-6)15-12-10-9-11-13-17-28(44)42-26(35(47)48)16-14-18-41-36(39)40/h9,11-13,15,17,23-27,29-32,34,45H,1,10,14,16,18-21H2,2-8H3,(H,42,44)(H,43,46)(H,47,48)(H4,39,40,41)/b11-9+,15-12+,17-13+/t23-,24-,25-,26+,27-,29+,30+,31-,32-,34+,38-/m1/s1. The summed E-state index contributed by atoms with van der Waals surface area (Å²) in [5.41, 5.74) is 10.8. The molecule has 0 aromatic rings. The van der Waals surface area contributed by atoms with Gasteiger partial charge in [-0.1, -0.05) is 63.3 Å². The number of aliphatic imine (C=N–C) groups is 1. The number of fused-ring (bicyclic) bond motifs is 1. The van der Waals surface area contributed by atoms with Crippen molar-refractivity contribution in [3.05, 3.63) is 48.6 Å². The van der Waals surface area contributed by atoms with Crippen molar-refractivity contribution in [2.24, 2.45) is 27.8 Å². The predicted octanol–water partition coefficient (Wildman–Crippen LogP) is 1.40. The van der Waals surface area contributed by atoms with Gasteiger partial charge in [-0.25, -0.2) is 4.79 Å². The first-order valence-electron chi connectivity index (χ1n) is 18.4. The van der Waals surface area contributed by atoms with Crippen molar-refractivity contribution in [1.82, 2.24) is 10.6 Å². The van der Waals surface area contributed by atoms with Gasteiger partial charge in [0.2, 0.25) is 11.7 Å². The van der Waals surface area contributed by atoms with Crippen molar-refractivity contribution < 1.29 is 57.8 Å².